The van der Waals surface area contributed by atoms with Crippen LogP contribution in [0.1, 0.15) is 46.5 Å². The summed E-state index contributed by atoms with van der Waals surface area (Å²) >= 11 is 1.40. The summed E-state index contributed by atoms with van der Waals surface area (Å²) in [6, 6.07) is 5.29. The van der Waals surface area contributed by atoms with Crippen molar-refractivity contribution in [3.63, 3.8) is 0 Å². The number of anilines is 1. The summed E-state index contributed by atoms with van der Waals surface area (Å²) in [5.41, 5.74) is 6.94. The minimum atomic E-state index is -3.89. The summed E-state index contributed by atoms with van der Waals surface area (Å²) in [5.74, 6) is -1.21. The smallest absolute Gasteiger partial charge is 0.251 e. The Labute approximate surface area is 203 Å². The molecule has 2 amide bonds. The van der Waals surface area contributed by atoms with Crippen molar-refractivity contribution in [2.45, 2.75) is 48.3 Å². The van der Waals surface area contributed by atoms with Gasteiger partial charge in [0, 0.05) is 30.1 Å². The van der Waals surface area contributed by atoms with E-state index < -0.39 is 31.7 Å². The first-order valence-electron chi connectivity index (χ1n) is 11.0. The predicted molar refractivity (Wildman–Crippen MR) is 129 cm³/mol. The molecule has 2 aliphatic rings. The summed E-state index contributed by atoms with van der Waals surface area (Å²) in [6.45, 7) is 0.264. The molecular formula is C22H27N3O6S3. The van der Waals surface area contributed by atoms with Crippen molar-refractivity contribution in [1.29, 1.82) is 0 Å². The van der Waals surface area contributed by atoms with Crippen molar-refractivity contribution in [2.75, 3.05) is 24.7 Å². The van der Waals surface area contributed by atoms with Crippen molar-refractivity contribution in [3.8, 4) is 0 Å². The first kappa shape index (κ1) is 24.8. The minimum absolute atomic E-state index is 0.0632. The van der Waals surface area contributed by atoms with Gasteiger partial charge in [-0.15, -0.1) is 11.3 Å². The van der Waals surface area contributed by atoms with Gasteiger partial charge in [0.2, 0.25) is 15.9 Å². The first-order valence-corrected chi connectivity index (χ1v) is 15.2. The Morgan fingerprint density at radius 1 is 1.06 bits per heavy atom. The maximum Gasteiger partial charge on any atom is 0.251 e. The maximum absolute atomic E-state index is 13.0. The number of sulfonamides is 1. The number of hydrogen-bond donors (Lipinski definition) is 2. The molecule has 1 aromatic carbocycles. The largest absolute Gasteiger partial charge is 0.365 e. The fraction of sp³-hybridized carbons (Fsp3) is 0.455. The molecule has 3 N–H and O–H groups in total. The van der Waals surface area contributed by atoms with E-state index in [0.717, 1.165) is 48.4 Å². The molecule has 0 spiro atoms. The van der Waals surface area contributed by atoms with E-state index in [2.05, 4.69) is 5.32 Å². The Hall–Kier alpha value is -2.28. The molecule has 1 aromatic heterocycles. The molecule has 1 aliphatic heterocycles. The van der Waals surface area contributed by atoms with Crippen LogP contribution in [-0.4, -0.2) is 52.3 Å². The van der Waals surface area contributed by atoms with Crippen LogP contribution in [0.25, 0.3) is 0 Å². The number of carbonyl (C=O) groups excluding carboxylic acids is 2. The number of sulfone groups is 1. The van der Waals surface area contributed by atoms with Crippen LogP contribution in [0.5, 0.6) is 0 Å². The average Bonchev–Trinajstić information content (AvgIpc) is 3.16. The van der Waals surface area contributed by atoms with Crippen molar-refractivity contribution in [1.82, 2.24) is 4.31 Å². The van der Waals surface area contributed by atoms with E-state index in [1.807, 2.05) is 0 Å². The number of benzene rings is 1. The number of rotatable bonds is 6. The lowest BCUT2D eigenvalue weighted by Crippen LogP contribution is -2.41. The highest BCUT2D eigenvalue weighted by atomic mass is 32.2. The molecule has 0 bridgehead atoms. The monoisotopic (exact) mass is 525 g/mol. The van der Waals surface area contributed by atoms with Crippen LogP contribution in [-0.2, 0) is 37.5 Å². The quantitative estimate of drug-likeness (QED) is 0.592. The summed E-state index contributed by atoms with van der Waals surface area (Å²) in [6.07, 6.45) is 5.32. The van der Waals surface area contributed by atoms with E-state index >= 15 is 0 Å². The van der Waals surface area contributed by atoms with Gasteiger partial charge in [0.05, 0.1) is 15.4 Å². The molecule has 9 nitrogen and oxygen atoms in total. The van der Waals surface area contributed by atoms with E-state index in [1.165, 1.54) is 33.8 Å². The fourth-order valence-electron chi connectivity index (χ4n) is 4.50. The molecule has 0 radical (unpaired) electrons. The second-order valence-corrected chi connectivity index (χ2v) is 13.8. The lowest BCUT2D eigenvalue weighted by Gasteiger charge is -2.30. The van der Waals surface area contributed by atoms with E-state index in [4.69, 9.17) is 5.73 Å². The van der Waals surface area contributed by atoms with Gasteiger partial charge in [-0.2, -0.15) is 4.31 Å². The molecule has 1 fully saturated rings. The third-order valence-corrected chi connectivity index (χ3v) is 10.6. The number of thiophene rings is 1. The number of aryl methyl sites for hydroxylation is 1. The highest BCUT2D eigenvalue weighted by Crippen LogP contribution is 2.38. The second kappa shape index (κ2) is 9.40. The highest BCUT2D eigenvalue weighted by Gasteiger charge is 2.33. The van der Waals surface area contributed by atoms with Gasteiger partial charge in [-0.3, -0.25) is 9.59 Å². The van der Waals surface area contributed by atoms with Crippen LogP contribution in [0, 0.1) is 5.92 Å². The van der Waals surface area contributed by atoms with E-state index in [1.54, 1.807) is 0 Å². The highest BCUT2D eigenvalue weighted by molar-refractivity contribution is 7.91. The Balaban J connectivity index is 1.45. The van der Waals surface area contributed by atoms with Gasteiger partial charge in [0.15, 0.2) is 9.84 Å². The molecule has 12 heteroatoms. The lowest BCUT2D eigenvalue weighted by atomic mass is 9.95. The molecule has 184 valence electrons. The van der Waals surface area contributed by atoms with Gasteiger partial charge in [0.25, 0.3) is 5.91 Å². The van der Waals surface area contributed by atoms with Gasteiger partial charge in [0.1, 0.15) is 5.00 Å². The molecule has 34 heavy (non-hydrogen) atoms. The van der Waals surface area contributed by atoms with Crippen molar-refractivity contribution >= 4 is 48.0 Å². The number of fused-ring (bicyclic) bond motifs is 1. The Morgan fingerprint density at radius 3 is 2.35 bits per heavy atom. The number of carbonyl (C=O) groups is 2. The molecule has 1 saturated heterocycles. The Kier molecular flexibility index (Phi) is 6.87. The number of nitrogens with two attached hydrogens (primary N) is 1. The van der Waals surface area contributed by atoms with Crippen LogP contribution >= 0.6 is 11.3 Å². The Morgan fingerprint density at radius 2 is 1.71 bits per heavy atom. The zero-order valence-corrected chi connectivity index (χ0v) is 21.2. The lowest BCUT2D eigenvalue weighted by molar-refractivity contribution is -0.120. The molecular weight excluding hydrogens is 498 g/mol. The zero-order chi connectivity index (χ0) is 24.7. The van der Waals surface area contributed by atoms with Crippen LogP contribution in [0.2, 0.25) is 0 Å². The molecule has 2 heterocycles. The summed E-state index contributed by atoms with van der Waals surface area (Å²) in [7, 11) is -7.44. The van der Waals surface area contributed by atoms with Crippen molar-refractivity contribution in [3.05, 3.63) is 40.3 Å². The molecule has 0 unspecified atom stereocenters. The second-order valence-electron chi connectivity index (χ2n) is 8.69. The van der Waals surface area contributed by atoms with Crippen molar-refractivity contribution < 1.29 is 26.4 Å². The molecule has 0 atom stereocenters. The van der Waals surface area contributed by atoms with Gasteiger partial charge in [-0.05, 0) is 62.3 Å². The van der Waals surface area contributed by atoms with Crippen LogP contribution in [0.15, 0.2) is 34.1 Å². The summed E-state index contributed by atoms with van der Waals surface area (Å²) < 4.78 is 51.0. The third-order valence-electron chi connectivity index (χ3n) is 6.35. The summed E-state index contributed by atoms with van der Waals surface area (Å²) in [4.78, 5) is 25.9. The van der Waals surface area contributed by atoms with Gasteiger partial charge < -0.3 is 11.1 Å². The van der Waals surface area contributed by atoms with E-state index in [9.17, 15) is 26.4 Å². The number of hydrogen-bond acceptors (Lipinski definition) is 7. The molecule has 0 saturated carbocycles. The molecule has 2 aromatic rings. The average molecular weight is 526 g/mol. The number of nitrogens with zero attached hydrogens (tertiary/aromatic N) is 1. The molecule has 1 aliphatic carbocycles. The number of amides is 2. The summed E-state index contributed by atoms with van der Waals surface area (Å²) in [5, 5.41) is 3.36. The predicted octanol–water partition coefficient (Wildman–Crippen LogP) is 2.17. The number of primary amides is 1. The Bertz CT molecular complexity index is 1340. The topological polar surface area (TPSA) is 144 Å². The maximum atomic E-state index is 13.0. The zero-order valence-electron chi connectivity index (χ0n) is 18.7. The van der Waals surface area contributed by atoms with Crippen molar-refractivity contribution in [2.24, 2.45) is 11.7 Å². The van der Waals surface area contributed by atoms with Gasteiger partial charge in [-0.1, -0.05) is 6.07 Å². The van der Waals surface area contributed by atoms with Crippen LogP contribution in [0.3, 0.4) is 0 Å². The van der Waals surface area contributed by atoms with E-state index in [0.29, 0.717) is 23.4 Å². The SMILES string of the molecule is CS(=O)(=O)c1cccc(S(=O)(=O)N2CCC(C(=O)Nc3sc4c(c3C(N)=O)CCCC4)CC2)c1. The first-order chi connectivity index (χ1) is 16.0. The van der Waals surface area contributed by atoms with E-state index in [-0.39, 0.29) is 28.8 Å². The fourth-order valence-corrected chi connectivity index (χ4v) is 8.06. The number of piperidine rings is 1. The van der Waals surface area contributed by atoms with Gasteiger partial charge >= 0.3 is 0 Å². The normalized spacial score (nSPS) is 17.8. The van der Waals surface area contributed by atoms with Crippen LogP contribution in [0.4, 0.5) is 5.00 Å². The third kappa shape index (κ3) is 4.90. The standard InChI is InChI=1S/C22H27N3O6S3/c1-33(28,29)15-5-4-6-16(13-15)34(30,31)25-11-9-14(10-12-25)21(27)24-22-19(20(23)26)17-7-2-3-8-18(17)32-22/h4-6,13-14H,2-3,7-12H2,1H3,(H2,23,26)(H,24,27). The minimum Gasteiger partial charge on any atom is -0.365 e. The van der Waals surface area contributed by atoms with Gasteiger partial charge in [-0.25, -0.2) is 16.8 Å². The number of nitrogens with one attached hydrogen (secondary N) is 1. The molecule has 4 rings (SSSR count). The van der Waals surface area contributed by atoms with Crippen LogP contribution < -0.4 is 11.1 Å².